The third-order valence-electron chi connectivity index (χ3n) is 5.80. The smallest absolute Gasteiger partial charge is 0.213 e. The van der Waals surface area contributed by atoms with Crippen molar-refractivity contribution in [3.63, 3.8) is 0 Å². The van der Waals surface area contributed by atoms with Gasteiger partial charge in [-0.1, -0.05) is 91.6 Å². The van der Waals surface area contributed by atoms with Gasteiger partial charge >= 0.3 is 0 Å². The standard InChI is InChI=1S/C25H22Cl2N2O/c1-15(2)16-8-10-18(11-9-16)25-29-23(14-22(28-29)17-6-4-3-5-7-17)20-12-19(26)13-21(27)24(20)30-25/h3-13,15,23,25H,14H2,1-2H3/t23-,25+/m0/s1. The van der Waals surface area contributed by atoms with E-state index in [4.69, 9.17) is 33.0 Å². The Kier molecular flexibility index (Phi) is 4.96. The van der Waals surface area contributed by atoms with E-state index in [2.05, 4.69) is 55.3 Å². The zero-order chi connectivity index (χ0) is 20.8. The van der Waals surface area contributed by atoms with Gasteiger partial charge in [-0.2, -0.15) is 5.10 Å². The highest BCUT2D eigenvalue weighted by Gasteiger charge is 2.42. The fourth-order valence-electron chi connectivity index (χ4n) is 4.19. The Morgan fingerprint density at radius 2 is 1.73 bits per heavy atom. The molecule has 3 nitrogen and oxygen atoms in total. The average molecular weight is 437 g/mol. The summed E-state index contributed by atoms with van der Waals surface area (Å²) in [6.07, 6.45) is 0.432. The van der Waals surface area contributed by atoms with E-state index in [1.807, 2.05) is 24.3 Å². The van der Waals surface area contributed by atoms with Gasteiger partial charge in [0.2, 0.25) is 6.23 Å². The number of benzene rings is 3. The van der Waals surface area contributed by atoms with E-state index >= 15 is 0 Å². The lowest BCUT2D eigenvalue weighted by atomic mass is 9.95. The van der Waals surface area contributed by atoms with Crippen LogP contribution in [0.5, 0.6) is 5.75 Å². The minimum atomic E-state index is -0.344. The Balaban J connectivity index is 1.60. The van der Waals surface area contributed by atoms with E-state index < -0.39 is 0 Å². The molecule has 0 aliphatic carbocycles. The van der Waals surface area contributed by atoms with Crippen LogP contribution in [0, 0.1) is 0 Å². The van der Waals surface area contributed by atoms with Gasteiger partial charge < -0.3 is 4.74 Å². The van der Waals surface area contributed by atoms with Crippen LogP contribution in [-0.2, 0) is 0 Å². The monoisotopic (exact) mass is 436 g/mol. The summed E-state index contributed by atoms with van der Waals surface area (Å²) >= 11 is 12.9. The molecular formula is C25H22Cl2N2O. The molecule has 0 spiro atoms. The number of hydrazone groups is 1. The normalized spacial score (nSPS) is 19.9. The van der Waals surface area contributed by atoms with Crippen LogP contribution in [0.3, 0.4) is 0 Å². The highest BCUT2D eigenvalue weighted by molar-refractivity contribution is 6.35. The topological polar surface area (TPSA) is 24.8 Å². The van der Waals surface area contributed by atoms with Crippen molar-refractivity contribution >= 4 is 28.9 Å². The third kappa shape index (κ3) is 3.36. The number of hydrogen-bond acceptors (Lipinski definition) is 3. The summed E-state index contributed by atoms with van der Waals surface area (Å²) in [6, 6.07) is 22.6. The maximum absolute atomic E-state index is 6.55. The first-order valence-electron chi connectivity index (χ1n) is 10.2. The van der Waals surface area contributed by atoms with Crippen LogP contribution in [0.25, 0.3) is 0 Å². The first-order valence-corrected chi connectivity index (χ1v) is 10.9. The van der Waals surface area contributed by atoms with Crippen LogP contribution in [0.1, 0.15) is 60.7 Å². The molecule has 0 unspecified atom stereocenters. The maximum Gasteiger partial charge on any atom is 0.213 e. The van der Waals surface area contributed by atoms with Crippen molar-refractivity contribution in [2.24, 2.45) is 5.10 Å². The van der Waals surface area contributed by atoms with Crippen molar-refractivity contribution < 1.29 is 4.74 Å². The SMILES string of the molecule is CC(C)c1ccc([C@H]2Oc3c(Cl)cc(Cl)cc3[C@@H]3CC(c4ccccc4)=NN23)cc1. The van der Waals surface area contributed by atoms with Gasteiger partial charge in [0.05, 0.1) is 16.8 Å². The summed E-state index contributed by atoms with van der Waals surface area (Å²) in [5.74, 6) is 1.18. The summed E-state index contributed by atoms with van der Waals surface area (Å²) in [5, 5.41) is 8.19. The quantitative estimate of drug-likeness (QED) is 0.428. The molecule has 5 heteroatoms. The first-order chi connectivity index (χ1) is 14.5. The van der Waals surface area contributed by atoms with Crippen molar-refractivity contribution in [3.05, 3.63) is 99.0 Å². The van der Waals surface area contributed by atoms with E-state index in [0.717, 1.165) is 28.8 Å². The molecule has 5 rings (SSSR count). The van der Waals surface area contributed by atoms with Gasteiger partial charge in [-0.15, -0.1) is 0 Å². The number of ether oxygens (including phenoxy) is 1. The number of fused-ring (bicyclic) bond motifs is 3. The Morgan fingerprint density at radius 3 is 2.43 bits per heavy atom. The highest BCUT2D eigenvalue weighted by atomic mass is 35.5. The predicted octanol–water partition coefficient (Wildman–Crippen LogP) is 7.36. The van der Waals surface area contributed by atoms with Gasteiger partial charge in [0, 0.05) is 22.6 Å². The second kappa shape index (κ2) is 7.64. The molecule has 0 aromatic heterocycles. The van der Waals surface area contributed by atoms with Crippen molar-refractivity contribution in [1.29, 1.82) is 0 Å². The largest absolute Gasteiger partial charge is 0.463 e. The molecule has 0 bridgehead atoms. The molecule has 0 saturated carbocycles. The van der Waals surface area contributed by atoms with E-state index in [1.165, 1.54) is 5.56 Å². The molecule has 30 heavy (non-hydrogen) atoms. The Hall–Kier alpha value is -2.49. The van der Waals surface area contributed by atoms with E-state index in [9.17, 15) is 0 Å². The second-order valence-electron chi connectivity index (χ2n) is 8.11. The third-order valence-corrected chi connectivity index (χ3v) is 6.30. The Bertz CT molecular complexity index is 1110. The fraction of sp³-hybridized carbons (Fsp3) is 0.240. The van der Waals surface area contributed by atoms with Crippen LogP contribution in [0.2, 0.25) is 10.0 Å². The lowest BCUT2D eigenvalue weighted by Gasteiger charge is -2.38. The highest BCUT2D eigenvalue weighted by Crippen LogP contribution is 2.50. The number of hydrogen-bond donors (Lipinski definition) is 0. The molecule has 0 saturated heterocycles. The minimum absolute atomic E-state index is 0.0231. The van der Waals surface area contributed by atoms with Crippen LogP contribution in [-0.4, -0.2) is 10.7 Å². The second-order valence-corrected chi connectivity index (χ2v) is 8.95. The van der Waals surface area contributed by atoms with Gasteiger partial charge in [0.15, 0.2) is 0 Å². The zero-order valence-electron chi connectivity index (χ0n) is 16.8. The summed E-state index contributed by atoms with van der Waals surface area (Å²) in [7, 11) is 0. The summed E-state index contributed by atoms with van der Waals surface area (Å²) in [6.45, 7) is 4.39. The molecule has 0 amide bonds. The van der Waals surface area contributed by atoms with E-state index in [0.29, 0.717) is 21.7 Å². The summed E-state index contributed by atoms with van der Waals surface area (Å²) in [4.78, 5) is 0. The lowest BCUT2D eigenvalue weighted by Crippen LogP contribution is -2.33. The van der Waals surface area contributed by atoms with Gasteiger partial charge in [-0.05, 0) is 29.2 Å². The number of rotatable bonds is 3. The molecule has 2 heterocycles. The molecule has 2 aliphatic heterocycles. The van der Waals surface area contributed by atoms with E-state index in [1.54, 1.807) is 6.07 Å². The molecular weight excluding hydrogens is 415 g/mol. The van der Waals surface area contributed by atoms with E-state index in [-0.39, 0.29) is 12.3 Å². The van der Waals surface area contributed by atoms with Crippen LogP contribution >= 0.6 is 23.2 Å². The van der Waals surface area contributed by atoms with Crippen LogP contribution in [0.4, 0.5) is 0 Å². The molecule has 0 radical (unpaired) electrons. The lowest BCUT2D eigenvalue weighted by molar-refractivity contribution is -0.0189. The molecule has 2 aliphatic rings. The number of halogens is 2. The maximum atomic E-state index is 6.55. The number of nitrogens with zero attached hydrogens (tertiary/aromatic N) is 2. The molecule has 152 valence electrons. The average Bonchev–Trinajstić information content (AvgIpc) is 3.20. The van der Waals surface area contributed by atoms with Crippen molar-refractivity contribution in [1.82, 2.24) is 5.01 Å². The van der Waals surface area contributed by atoms with Gasteiger partial charge in [-0.3, -0.25) is 0 Å². The van der Waals surface area contributed by atoms with Crippen LogP contribution in [0.15, 0.2) is 71.8 Å². The van der Waals surface area contributed by atoms with Crippen molar-refractivity contribution in [2.45, 2.75) is 38.5 Å². The molecule has 3 aromatic rings. The van der Waals surface area contributed by atoms with Gasteiger partial charge in [0.1, 0.15) is 5.75 Å². The zero-order valence-corrected chi connectivity index (χ0v) is 18.4. The van der Waals surface area contributed by atoms with Crippen LogP contribution < -0.4 is 4.74 Å². The molecule has 0 N–H and O–H groups in total. The van der Waals surface area contributed by atoms with Gasteiger partial charge in [0.25, 0.3) is 0 Å². The summed E-state index contributed by atoms with van der Waals surface area (Å²) in [5.41, 5.74) is 5.50. The summed E-state index contributed by atoms with van der Waals surface area (Å²) < 4.78 is 6.43. The predicted molar refractivity (Wildman–Crippen MR) is 123 cm³/mol. The molecule has 3 aromatic carbocycles. The molecule has 0 fully saturated rings. The molecule has 2 atom stereocenters. The first kappa shape index (κ1) is 19.5. The fourth-order valence-corrected chi connectivity index (χ4v) is 4.74. The minimum Gasteiger partial charge on any atom is -0.463 e. The van der Waals surface area contributed by atoms with Gasteiger partial charge in [-0.25, -0.2) is 5.01 Å². The Labute approximate surface area is 186 Å². The van der Waals surface area contributed by atoms with Crippen molar-refractivity contribution in [3.8, 4) is 5.75 Å². The Morgan fingerprint density at radius 1 is 1.00 bits per heavy atom. The van der Waals surface area contributed by atoms with Crippen molar-refractivity contribution in [2.75, 3.05) is 0 Å².